The molecule has 31 heavy (non-hydrogen) atoms. The first kappa shape index (κ1) is 26.1. The summed E-state index contributed by atoms with van der Waals surface area (Å²) in [5.41, 5.74) is 0.369. The first-order valence-electron chi connectivity index (χ1n) is 12.1. The molecule has 2 heterocycles. The monoisotopic (exact) mass is 452 g/mol. The van der Waals surface area contributed by atoms with E-state index >= 15 is 0 Å². The third-order valence-electron chi connectivity index (χ3n) is 6.06. The Balaban J connectivity index is 1.78. The molecule has 1 aliphatic rings. The Labute approximate surface area is 195 Å². The minimum atomic E-state index is -0.0759. The fourth-order valence-corrected chi connectivity index (χ4v) is 5.32. The van der Waals surface area contributed by atoms with Gasteiger partial charge in [0.1, 0.15) is 0 Å². The van der Waals surface area contributed by atoms with Crippen LogP contribution in [0, 0.1) is 5.92 Å². The van der Waals surface area contributed by atoms with E-state index in [9.17, 15) is 0 Å². The molecule has 0 aromatic carbocycles. The predicted octanol–water partition coefficient (Wildman–Crippen LogP) is 6.43. The maximum atomic E-state index is 6.15. The molecule has 0 atom stereocenters. The number of hydrogen-bond acceptors (Lipinski definition) is 6. The Morgan fingerprint density at radius 3 is 2.26 bits per heavy atom. The summed E-state index contributed by atoms with van der Waals surface area (Å²) in [7, 11) is 0. The molecule has 178 valence electrons. The van der Waals surface area contributed by atoms with Crippen molar-refractivity contribution in [1.29, 1.82) is 0 Å². The Bertz CT molecular complexity index is 673. The van der Waals surface area contributed by atoms with Crippen LogP contribution in [0.3, 0.4) is 0 Å². The zero-order chi connectivity index (χ0) is 23.1. The van der Waals surface area contributed by atoms with E-state index in [0.29, 0.717) is 11.9 Å². The fourth-order valence-electron chi connectivity index (χ4n) is 5.16. The molecule has 0 saturated carbocycles. The maximum absolute atomic E-state index is 6.15. The molecule has 0 spiro atoms. The largest absolute Gasteiger partial charge is 0.354 e. The highest BCUT2D eigenvalue weighted by Gasteiger charge is 2.37. The van der Waals surface area contributed by atoms with Gasteiger partial charge >= 0.3 is 0 Å². The highest BCUT2D eigenvalue weighted by atomic mass is 35.5. The number of nitrogens with one attached hydrogen (secondary N) is 3. The molecule has 1 fully saturated rings. The zero-order valence-corrected chi connectivity index (χ0v) is 21.6. The number of rotatable bonds is 12. The van der Waals surface area contributed by atoms with Crippen molar-refractivity contribution in [2.24, 2.45) is 5.92 Å². The number of unbranched alkanes of at least 4 members (excludes halogenated alkanes) is 3. The lowest BCUT2D eigenvalue weighted by Crippen LogP contribution is -2.57. The van der Waals surface area contributed by atoms with Crippen molar-refractivity contribution in [2.75, 3.05) is 17.2 Å². The van der Waals surface area contributed by atoms with Gasteiger partial charge in [0.2, 0.25) is 17.2 Å². The van der Waals surface area contributed by atoms with Crippen molar-refractivity contribution in [3.05, 3.63) is 5.28 Å². The number of aromatic nitrogens is 3. The average Bonchev–Trinajstić information content (AvgIpc) is 2.58. The second kappa shape index (κ2) is 11.1. The first-order chi connectivity index (χ1) is 14.4. The van der Waals surface area contributed by atoms with Gasteiger partial charge < -0.3 is 16.0 Å². The second-order valence-electron chi connectivity index (χ2n) is 11.3. The van der Waals surface area contributed by atoms with Crippen molar-refractivity contribution >= 4 is 23.5 Å². The Morgan fingerprint density at radius 1 is 0.968 bits per heavy atom. The smallest absolute Gasteiger partial charge is 0.229 e. The van der Waals surface area contributed by atoms with Gasteiger partial charge in [0.05, 0.1) is 0 Å². The van der Waals surface area contributed by atoms with Gasteiger partial charge in [0.25, 0.3) is 0 Å². The van der Waals surface area contributed by atoms with Gasteiger partial charge in [-0.25, -0.2) is 0 Å². The SMILES string of the molecule is CCCCCC(C)(C)Nc1nc(Cl)nc(NCCCCC2CC(C)(C)NC(C)(C)C2)n1. The van der Waals surface area contributed by atoms with Crippen LogP contribution in [0.4, 0.5) is 11.9 Å². The van der Waals surface area contributed by atoms with Gasteiger partial charge in [-0.3, -0.25) is 0 Å². The van der Waals surface area contributed by atoms with Gasteiger partial charge in [0.15, 0.2) is 0 Å². The third-order valence-corrected chi connectivity index (χ3v) is 6.23. The highest BCUT2D eigenvalue weighted by molar-refractivity contribution is 6.28. The summed E-state index contributed by atoms with van der Waals surface area (Å²) in [5.74, 6) is 1.88. The molecule has 0 radical (unpaired) electrons. The number of halogens is 1. The normalized spacial score (nSPS) is 18.7. The standard InChI is InChI=1S/C24H45ClN6/c1-8-9-11-14-22(2,3)30-21-28-19(25)27-20(29-21)26-15-12-10-13-18-16-23(4,5)31-24(6,7)17-18/h18,31H,8-17H2,1-7H3,(H2,26,27,28,29,30). The van der Waals surface area contributed by atoms with E-state index in [2.05, 4.69) is 79.4 Å². The molecule has 3 N–H and O–H groups in total. The maximum Gasteiger partial charge on any atom is 0.229 e. The van der Waals surface area contributed by atoms with Crippen molar-refractivity contribution in [3.8, 4) is 0 Å². The Kier molecular flexibility index (Phi) is 9.38. The fraction of sp³-hybridized carbons (Fsp3) is 0.875. The lowest BCUT2D eigenvalue weighted by atomic mass is 9.74. The van der Waals surface area contributed by atoms with E-state index in [-0.39, 0.29) is 21.9 Å². The molecular formula is C24H45ClN6. The third kappa shape index (κ3) is 9.90. The predicted molar refractivity (Wildman–Crippen MR) is 133 cm³/mol. The van der Waals surface area contributed by atoms with Crippen LogP contribution >= 0.6 is 11.6 Å². The molecule has 7 heteroatoms. The molecule has 1 aliphatic heterocycles. The molecule has 2 rings (SSSR count). The van der Waals surface area contributed by atoms with Gasteiger partial charge in [-0.2, -0.15) is 15.0 Å². The molecule has 0 amide bonds. The van der Waals surface area contributed by atoms with Crippen LogP contribution in [0.2, 0.25) is 5.28 Å². The summed E-state index contributed by atoms with van der Waals surface area (Å²) in [4.78, 5) is 13.1. The van der Waals surface area contributed by atoms with Crippen LogP contribution in [0.15, 0.2) is 0 Å². The van der Waals surface area contributed by atoms with Gasteiger partial charge in [-0.15, -0.1) is 0 Å². The molecular weight excluding hydrogens is 408 g/mol. The number of piperidine rings is 1. The molecule has 1 saturated heterocycles. The van der Waals surface area contributed by atoms with Gasteiger partial charge in [-0.1, -0.05) is 39.0 Å². The van der Waals surface area contributed by atoms with E-state index in [4.69, 9.17) is 11.6 Å². The number of hydrogen-bond donors (Lipinski definition) is 3. The lowest BCUT2D eigenvalue weighted by molar-refractivity contribution is 0.122. The highest BCUT2D eigenvalue weighted by Crippen LogP contribution is 2.35. The number of nitrogens with zero attached hydrogens (tertiary/aromatic N) is 3. The van der Waals surface area contributed by atoms with Crippen molar-refractivity contribution < 1.29 is 0 Å². The van der Waals surface area contributed by atoms with Crippen LogP contribution in [-0.4, -0.2) is 38.1 Å². The van der Waals surface area contributed by atoms with E-state index in [1.54, 1.807) is 0 Å². The van der Waals surface area contributed by atoms with Crippen molar-refractivity contribution in [2.45, 2.75) is 123 Å². The van der Waals surface area contributed by atoms with Crippen LogP contribution in [0.25, 0.3) is 0 Å². The van der Waals surface area contributed by atoms with E-state index in [1.165, 1.54) is 44.9 Å². The van der Waals surface area contributed by atoms with E-state index in [1.807, 2.05) is 0 Å². The number of anilines is 2. The van der Waals surface area contributed by atoms with Crippen LogP contribution in [-0.2, 0) is 0 Å². The van der Waals surface area contributed by atoms with Gasteiger partial charge in [0, 0.05) is 23.2 Å². The molecule has 6 nitrogen and oxygen atoms in total. The Morgan fingerprint density at radius 2 is 1.61 bits per heavy atom. The van der Waals surface area contributed by atoms with Crippen LogP contribution < -0.4 is 16.0 Å². The minimum Gasteiger partial charge on any atom is -0.354 e. The van der Waals surface area contributed by atoms with E-state index in [0.717, 1.165) is 25.3 Å². The Hall–Kier alpha value is -1.14. The van der Waals surface area contributed by atoms with Crippen LogP contribution in [0.1, 0.15) is 106 Å². The molecule has 0 unspecified atom stereocenters. The van der Waals surface area contributed by atoms with Crippen molar-refractivity contribution in [3.63, 3.8) is 0 Å². The van der Waals surface area contributed by atoms with Crippen molar-refractivity contribution in [1.82, 2.24) is 20.3 Å². The summed E-state index contributed by atoms with van der Waals surface area (Å²) < 4.78 is 0. The average molecular weight is 453 g/mol. The van der Waals surface area contributed by atoms with Crippen LogP contribution in [0.5, 0.6) is 0 Å². The second-order valence-corrected chi connectivity index (χ2v) is 11.6. The summed E-state index contributed by atoms with van der Waals surface area (Å²) in [5, 5.41) is 10.8. The lowest BCUT2D eigenvalue weighted by Gasteiger charge is -2.46. The summed E-state index contributed by atoms with van der Waals surface area (Å²) in [6.07, 6.45) is 10.8. The first-order valence-corrected chi connectivity index (χ1v) is 12.5. The molecule has 0 bridgehead atoms. The van der Waals surface area contributed by atoms with E-state index < -0.39 is 0 Å². The zero-order valence-electron chi connectivity index (χ0n) is 20.9. The minimum absolute atomic E-state index is 0.0759. The summed E-state index contributed by atoms with van der Waals surface area (Å²) in [6.45, 7) is 16.7. The molecule has 0 aliphatic carbocycles. The van der Waals surface area contributed by atoms with Gasteiger partial charge in [-0.05, 0) is 84.7 Å². The summed E-state index contributed by atoms with van der Waals surface area (Å²) in [6, 6.07) is 0. The topological polar surface area (TPSA) is 74.8 Å². The molecule has 1 aromatic rings. The quantitative estimate of drug-likeness (QED) is 0.317. The molecule has 1 aromatic heterocycles. The summed E-state index contributed by atoms with van der Waals surface area (Å²) >= 11 is 6.15.